The zero-order valence-electron chi connectivity index (χ0n) is 15.1. The molecule has 3 aromatic rings. The summed E-state index contributed by atoms with van der Waals surface area (Å²) >= 11 is 0. The zero-order valence-corrected chi connectivity index (χ0v) is 15.1. The Balaban J connectivity index is 1.64. The maximum Gasteiger partial charge on any atom is 0.161 e. The highest BCUT2D eigenvalue weighted by Gasteiger charge is 2.25. The number of carbonyl (C=O) groups excluding carboxylic acids is 1. The van der Waals surface area contributed by atoms with E-state index in [2.05, 4.69) is 78.6 Å². The van der Waals surface area contributed by atoms with Gasteiger partial charge in [0.2, 0.25) is 0 Å². The average molecular weight is 341 g/mol. The van der Waals surface area contributed by atoms with Gasteiger partial charge >= 0.3 is 0 Å². The molecular formula is C24H23NO. The summed E-state index contributed by atoms with van der Waals surface area (Å²) in [6.45, 7) is 3.75. The molecule has 0 aromatic heterocycles. The number of Topliss-reactive ketones (excluding diaryl/α,β-unsaturated/α-hetero) is 1. The van der Waals surface area contributed by atoms with E-state index in [0.717, 1.165) is 17.7 Å². The number of ketones is 1. The van der Waals surface area contributed by atoms with Gasteiger partial charge in [-0.15, -0.1) is 0 Å². The molecule has 4 rings (SSSR count). The molecule has 2 heteroatoms. The fraction of sp³-hybridized carbons (Fsp3) is 0.208. The number of piperidine rings is 1. The third-order valence-corrected chi connectivity index (χ3v) is 5.34. The van der Waals surface area contributed by atoms with E-state index < -0.39 is 0 Å². The van der Waals surface area contributed by atoms with Crippen molar-refractivity contribution in [2.24, 2.45) is 0 Å². The fourth-order valence-corrected chi connectivity index (χ4v) is 3.75. The highest BCUT2D eigenvalue weighted by molar-refractivity contribution is 6.03. The first kappa shape index (κ1) is 16.7. The van der Waals surface area contributed by atoms with Crippen molar-refractivity contribution in [3.63, 3.8) is 0 Å². The summed E-state index contributed by atoms with van der Waals surface area (Å²) in [5, 5.41) is 2.41. The van der Waals surface area contributed by atoms with E-state index in [1.165, 1.54) is 16.3 Å². The molecule has 3 aromatic carbocycles. The van der Waals surface area contributed by atoms with Gasteiger partial charge in [-0.05, 0) is 34.9 Å². The Morgan fingerprint density at radius 3 is 2.50 bits per heavy atom. The Morgan fingerprint density at radius 2 is 1.65 bits per heavy atom. The molecule has 0 aliphatic carbocycles. The molecule has 0 unspecified atom stereocenters. The summed E-state index contributed by atoms with van der Waals surface area (Å²) in [7, 11) is 0. The first-order chi connectivity index (χ1) is 12.7. The molecular weight excluding hydrogens is 318 g/mol. The maximum atomic E-state index is 12.5. The van der Waals surface area contributed by atoms with Gasteiger partial charge in [-0.25, -0.2) is 0 Å². The molecule has 1 saturated heterocycles. The lowest BCUT2D eigenvalue weighted by Gasteiger charge is -2.33. The number of hydrogen-bond donors (Lipinski definition) is 0. The van der Waals surface area contributed by atoms with Crippen molar-refractivity contribution < 1.29 is 4.79 Å². The number of hydrogen-bond acceptors (Lipinski definition) is 2. The summed E-state index contributed by atoms with van der Waals surface area (Å²) in [4.78, 5) is 14.9. The first-order valence-corrected chi connectivity index (χ1v) is 9.23. The van der Waals surface area contributed by atoms with Crippen LogP contribution in [0.3, 0.4) is 0 Å². The molecule has 0 bridgehead atoms. The maximum absolute atomic E-state index is 12.5. The van der Waals surface area contributed by atoms with Crippen LogP contribution in [0.2, 0.25) is 0 Å². The number of fused-ring (bicyclic) bond motifs is 1. The van der Waals surface area contributed by atoms with Gasteiger partial charge in [0, 0.05) is 31.1 Å². The summed E-state index contributed by atoms with van der Waals surface area (Å²) < 4.78 is 0. The minimum Gasteiger partial charge on any atom is -0.294 e. The Bertz CT molecular complexity index is 953. The second kappa shape index (κ2) is 7.27. The molecule has 130 valence electrons. The van der Waals surface area contributed by atoms with Crippen LogP contribution in [0.5, 0.6) is 0 Å². The van der Waals surface area contributed by atoms with E-state index in [4.69, 9.17) is 0 Å². The molecule has 1 aliphatic rings. The normalized spacial score (nSPS) is 18.3. The lowest BCUT2D eigenvalue weighted by atomic mass is 9.95. The van der Waals surface area contributed by atoms with Crippen LogP contribution >= 0.6 is 0 Å². The molecule has 26 heavy (non-hydrogen) atoms. The first-order valence-electron chi connectivity index (χ1n) is 9.23. The number of carbonyl (C=O) groups is 1. The highest BCUT2D eigenvalue weighted by Crippen LogP contribution is 2.27. The molecule has 1 aliphatic heterocycles. The second-order valence-electron chi connectivity index (χ2n) is 6.97. The van der Waals surface area contributed by atoms with Gasteiger partial charge in [-0.3, -0.25) is 9.69 Å². The van der Waals surface area contributed by atoms with Crippen molar-refractivity contribution in [2.45, 2.75) is 19.4 Å². The predicted octanol–water partition coefficient (Wildman–Crippen LogP) is 5.26. The van der Waals surface area contributed by atoms with Crippen LogP contribution in [-0.2, 0) is 4.79 Å². The Hall–Kier alpha value is -2.71. The van der Waals surface area contributed by atoms with E-state index >= 15 is 0 Å². The Kier molecular flexibility index (Phi) is 4.68. The summed E-state index contributed by atoms with van der Waals surface area (Å²) in [5.74, 6) is 0.273. The van der Waals surface area contributed by atoms with E-state index in [1.807, 2.05) is 12.1 Å². The number of rotatable bonds is 3. The molecule has 0 saturated carbocycles. The molecule has 0 N–H and O–H groups in total. The van der Waals surface area contributed by atoms with Crippen LogP contribution in [0, 0.1) is 0 Å². The van der Waals surface area contributed by atoms with Gasteiger partial charge in [0.15, 0.2) is 5.78 Å². The second-order valence-corrected chi connectivity index (χ2v) is 6.97. The van der Waals surface area contributed by atoms with Crippen LogP contribution < -0.4 is 0 Å². The van der Waals surface area contributed by atoms with Crippen LogP contribution in [-0.4, -0.2) is 23.8 Å². The average Bonchev–Trinajstić information content (AvgIpc) is 2.70. The molecule has 1 fully saturated rings. The lowest BCUT2D eigenvalue weighted by molar-refractivity contribution is -0.117. The largest absolute Gasteiger partial charge is 0.294 e. The minimum absolute atomic E-state index is 0.273. The van der Waals surface area contributed by atoms with Crippen molar-refractivity contribution in [1.82, 2.24) is 4.90 Å². The van der Waals surface area contributed by atoms with Crippen molar-refractivity contribution in [2.75, 3.05) is 13.1 Å². The van der Waals surface area contributed by atoms with Crippen LogP contribution in [0.15, 0.2) is 78.4 Å². The Morgan fingerprint density at radius 1 is 0.923 bits per heavy atom. The van der Waals surface area contributed by atoms with Crippen molar-refractivity contribution >= 4 is 22.6 Å². The molecule has 0 radical (unpaired) electrons. The minimum atomic E-state index is 0.273. The summed E-state index contributed by atoms with van der Waals surface area (Å²) in [5.41, 5.74) is 3.34. The van der Waals surface area contributed by atoms with Gasteiger partial charge < -0.3 is 0 Å². The highest BCUT2D eigenvalue weighted by atomic mass is 16.1. The fourth-order valence-electron chi connectivity index (χ4n) is 3.75. The molecule has 2 nitrogen and oxygen atoms in total. The van der Waals surface area contributed by atoms with Crippen LogP contribution in [0.4, 0.5) is 0 Å². The van der Waals surface area contributed by atoms with Crippen molar-refractivity contribution in [3.05, 3.63) is 89.5 Å². The quantitative estimate of drug-likeness (QED) is 0.606. The molecule has 1 heterocycles. The number of benzene rings is 3. The van der Waals surface area contributed by atoms with Crippen LogP contribution in [0.25, 0.3) is 16.8 Å². The number of nitrogens with zero attached hydrogens (tertiary/aromatic N) is 1. The van der Waals surface area contributed by atoms with Gasteiger partial charge in [-0.2, -0.15) is 0 Å². The summed E-state index contributed by atoms with van der Waals surface area (Å²) in [6, 6.07) is 25.4. The van der Waals surface area contributed by atoms with Crippen LogP contribution in [0.1, 0.15) is 30.5 Å². The van der Waals surface area contributed by atoms with E-state index in [1.54, 1.807) is 0 Å². The predicted molar refractivity (Wildman–Crippen MR) is 108 cm³/mol. The van der Waals surface area contributed by atoms with Gasteiger partial charge in [0.25, 0.3) is 0 Å². The van der Waals surface area contributed by atoms with Crippen molar-refractivity contribution in [1.29, 1.82) is 0 Å². The molecule has 1 atom stereocenters. The van der Waals surface area contributed by atoms with Gasteiger partial charge in [-0.1, -0.05) is 72.8 Å². The zero-order chi connectivity index (χ0) is 17.9. The third-order valence-electron chi connectivity index (χ3n) is 5.34. The van der Waals surface area contributed by atoms with E-state index in [-0.39, 0.29) is 5.78 Å². The SMILES string of the molecule is C[C@H](c1ccccc1)N1CCC(=O)/C(=C/c2cccc3ccccc23)C1. The van der Waals surface area contributed by atoms with E-state index in [0.29, 0.717) is 19.0 Å². The van der Waals surface area contributed by atoms with Gasteiger partial charge in [0.1, 0.15) is 0 Å². The lowest BCUT2D eigenvalue weighted by Crippen LogP contribution is -2.37. The third kappa shape index (κ3) is 3.33. The topological polar surface area (TPSA) is 20.3 Å². The smallest absolute Gasteiger partial charge is 0.161 e. The standard InChI is InChI=1S/C24H23NO/c1-18(19-8-3-2-4-9-19)25-15-14-24(26)22(17-25)16-21-12-7-11-20-10-5-6-13-23(20)21/h2-13,16,18H,14-15,17H2,1H3/b22-16+/t18-/m1/s1. The van der Waals surface area contributed by atoms with Crippen molar-refractivity contribution in [3.8, 4) is 0 Å². The van der Waals surface area contributed by atoms with Gasteiger partial charge in [0.05, 0.1) is 0 Å². The monoisotopic (exact) mass is 341 g/mol. The molecule has 0 amide bonds. The Labute approximate surface area is 154 Å². The molecule has 0 spiro atoms. The summed E-state index contributed by atoms with van der Waals surface area (Å²) in [6.07, 6.45) is 2.68. The van der Waals surface area contributed by atoms with E-state index in [9.17, 15) is 4.79 Å². The number of likely N-dealkylation sites (tertiary alicyclic amines) is 1.